The molecule has 2 atom stereocenters. The summed E-state index contributed by atoms with van der Waals surface area (Å²) in [5.41, 5.74) is 4.02. The molecule has 0 radical (unpaired) electrons. The molecule has 32 heavy (non-hydrogen) atoms. The summed E-state index contributed by atoms with van der Waals surface area (Å²) in [4.78, 5) is 30.4. The second-order valence-corrected chi connectivity index (χ2v) is 8.62. The van der Waals surface area contributed by atoms with Crippen LogP contribution >= 0.6 is 11.6 Å². The van der Waals surface area contributed by atoms with Crippen molar-refractivity contribution >= 4 is 34.4 Å². The van der Waals surface area contributed by atoms with Gasteiger partial charge >= 0.3 is 5.97 Å². The van der Waals surface area contributed by atoms with Crippen molar-refractivity contribution in [2.24, 2.45) is 0 Å². The first-order valence-electron chi connectivity index (χ1n) is 10.4. The molecule has 0 saturated carbocycles. The summed E-state index contributed by atoms with van der Waals surface area (Å²) in [5.74, 6) is -1.07. The van der Waals surface area contributed by atoms with Gasteiger partial charge in [0.05, 0.1) is 7.11 Å². The third-order valence-corrected chi connectivity index (χ3v) is 6.56. The molecule has 0 unspecified atom stereocenters. The highest BCUT2D eigenvalue weighted by Gasteiger charge is 2.38. The van der Waals surface area contributed by atoms with Crippen LogP contribution < -0.4 is 5.32 Å². The summed E-state index contributed by atoms with van der Waals surface area (Å²) >= 11 is 6.18. The molecule has 1 aromatic heterocycles. The third kappa shape index (κ3) is 4.23. The number of H-pyrrole nitrogens is 1. The van der Waals surface area contributed by atoms with Gasteiger partial charge in [-0.25, -0.2) is 4.39 Å². The van der Waals surface area contributed by atoms with Crippen LogP contribution in [-0.4, -0.2) is 47.5 Å². The molecule has 8 heteroatoms. The first-order valence-corrected chi connectivity index (χ1v) is 10.8. The number of rotatable bonds is 5. The molecule has 1 aliphatic heterocycles. The maximum absolute atomic E-state index is 14.3. The Morgan fingerprint density at radius 1 is 1.28 bits per heavy atom. The van der Waals surface area contributed by atoms with Crippen LogP contribution in [0.4, 0.5) is 4.39 Å². The van der Waals surface area contributed by atoms with E-state index in [1.54, 1.807) is 17.0 Å². The minimum absolute atomic E-state index is 0.144. The van der Waals surface area contributed by atoms with E-state index >= 15 is 0 Å². The Bertz CT molecular complexity index is 1170. The molecule has 1 amide bonds. The van der Waals surface area contributed by atoms with E-state index in [4.69, 9.17) is 16.3 Å². The molecule has 3 aromatic rings. The maximum atomic E-state index is 14.3. The number of ether oxygens (including phenoxy) is 1. The number of aryl methyl sites for hydroxylation is 2. The number of aromatic amines is 1. The Kier molecular flexibility index (Phi) is 6.22. The van der Waals surface area contributed by atoms with Gasteiger partial charge in [-0.05, 0) is 56.2 Å². The zero-order chi connectivity index (χ0) is 23.0. The van der Waals surface area contributed by atoms with Crippen LogP contribution in [-0.2, 0) is 16.1 Å². The zero-order valence-electron chi connectivity index (χ0n) is 18.2. The largest absolute Gasteiger partial charge is 0.468 e. The fourth-order valence-corrected chi connectivity index (χ4v) is 4.54. The van der Waals surface area contributed by atoms with Gasteiger partial charge < -0.3 is 15.0 Å². The van der Waals surface area contributed by atoms with Crippen molar-refractivity contribution in [1.29, 1.82) is 0 Å². The van der Waals surface area contributed by atoms with Gasteiger partial charge in [-0.2, -0.15) is 0 Å². The van der Waals surface area contributed by atoms with Crippen molar-refractivity contribution in [2.45, 2.75) is 38.9 Å². The number of hydrogen-bond acceptors (Lipinski definition) is 4. The molecule has 0 spiro atoms. The van der Waals surface area contributed by atoms with E-state index in [0.29, 0.717) is 29.1 Å². The molecule has 2 heterocycles. The van der Waals surface area contributed by atoms with Gasteiger partial charge in [-0.1, -0.05) is 17.7 Å². The zero-order valence-corrected chi connectivity index (χ0v) is 18.9. The molecular weight excluding hydrogens is 433 g/mol. The summed E-state index contributed by atoms with van der Waals surface area (Å²) < 4.78 is 19.2. The average molecular weight is 458 g/mol. The van der Waals surface area contributed by atoms with Crippen LogP contribution in [0.25, 0.3) is 10.9 Å². The Balaban J connectivity index is 1.52. The highest BCUT2D eigenvalue weighted by molar-refractivity contribution is 6.31. The van der Waals surface area contributed by atoms with Crippen molar-refractivity contribution in [1.82, 2.24) is 15.2 Å². The number of nitrogens with zero attached hydrogens (tertiary/aromatic N) is 1. The summed E-state index contributed by atoms with van der Waals surface area (Å²) in [6, 6.07) is 9.14. The lowest BCUT2D eigenvalue weighted by molar-refractivity contribution is -0.146. The van der Waals surface area contributed by atoms with Crippen molar-refractivity contribution < 1.29 is 18.7 Å². The molecule has 1 saturated heterocycles. The normalized spacial score (nSPS) is 18.8. The minimum Gasteiger partial charge on any atom is -0.468 e. The van der Waals surface area contributed by atoms with Crippen molar-refractivity contribution in [3.8, 4) is 0 Å². The molecule has 0 aliphatic carbocycles. The van der Waals surface area contributed by atoms with Crippen LogP contribution in [0.1, 0.15) is 33.6 Å². The Morgan fingerprint density at radius 2 is 2.06 bits per heavy atom. The lowest BCUT2D eigenvalue weighted by atomic mass is 10.1. The quantitative estimate of drug-likeness (QED) is 0.565. The molecule has 1 fully saturated rings. The number of aromatic nitrogens is 1. The Labute approximate surface area is 190 Å². The number of carbonyl (C=O) groups excluding carboxylic acids is 2. The third-order valence-electron chi connectivity index (χ3n) is 6.21. The number of likely N-dealkylation sites (tertiary alicyclic amines) is 1. The standard InChI is InChI=1S/C24H25ClFN3O3/c1-13-14(2)27-21-8-7-15(9-17(13)21)23(30)28-16-10-22(24(31)32-3)29(11-16)12-18-19(25)5-4-6-20(18)26/h4-9,16,22,27H,10-12H2,1-3H3,(H,28,30)/t16-,22-/m0/s1. The topological polar surface area (TPSA) is 74.4 Å². The molecule has 4 rings (SSSR count). The van der Waals surface area contributed by atoms with Gasteiger partial charge in [-0.15, -0.1) is 0 Å². The van der Waals surface area contributed by atoms with Gasteiger partial charge in [0.2, 0.25) is 0 Å². The summed E-state index contributed by atoms with van der Waals surface area (Å²) in [5, 5.41) is 4.32. The highest BCUT2D eigenvalue weighted by Crippen LogP contribution is 2.27. The second-order valence-electron chi connectivity index (χ2n) is 8.21. The Hall–Kier alpha value is -2.90. The molecule has 1 aliphatic rings. The molecule has 2 N–H and O–H groups in total. The van der Waals surface area contributed by atoms with Crippen molar-refractivity contribution in [3.05, 3.63) is 69.6 Å². The number of hydrogen-bond donors (Lipinski definition) is 2. The van der Waals surface area contributed by atoms with Gasteiger partial charge in [0.25, 0.3) is 5.91 Å². The molecule has 6 nitrogen and oxygen atoms in total. The maximum Gasteiger partial charge on any atom is 0.323 e. The summed E-state index contributed by atoms with van der Waals surface area (Å²) in [6.45, 7) is 4.53. The first-order chi connectivity index (χ1) is 15.3. The number of carbonyl (C=O) groups is 2. The van der Waals surface area contributed by atoms with E-state index in [9.17, 15) is 14.0 Å². The van der Waals surface area contributed by atoms with Crippen molar-refractivity contribution in [2.75, 3.05) is 13.7 Å². The number of methoxy groups -OCH3 is 1. The molecular formula is C24H25ClFN3O3. The van der Waals surface area contributed by atoms with Gasteiger partial charge in [0.1, 0.15) is 11.9 Å². The number of nitrogens with one attached hydrogen (secondary N) is 2. The monoisotopic (exact) mass is 457 g/mol. The molecule has 0 bridgehead atoms. The Morgan fingerprint density at radius 3 is 2.78 bits per heavy atom. The van der Waals surface area contributed by atoms with E-state index in [-0.39, 0.29) is 18.5 Å². The lowest BCUT2D eigenvalue weighted by Gasteiger charge is -2.23. The number of halogens is 2. The summed E-state index contributed by atoms with van der Waals surface area (Å²) in [7, 11) is 1.32. The first kappa shape index (κ1) is 22.3. The number of amides is 1. The van der Waals surface area contributed by atoms with Crippen LogP contribution in [0.2, 0.25) is 5.02 Å². The van der Waals surface area contributed by atoms with Crippen LogP contribution in [0.3, 0.4) is 0 Å². The number of benzene rings is 2. The second kappa shape index (κ2) is 8.92. The van der Waals surface area contributed by atoms with Crippen LogP contribution in [0, 0.1) is 19.7 Å². The van der Waals surface area contributed by atoms with Gasteiger partial charge in [0, 0.05) is 51.9 Å². The fraction of sp³-hybridized carbons (Fsp3) is 0.333. The van der Waals surface area contributed by atoms with Gasteiger partial charge in [-0.3, -0.25) is 14.5 Å². The SMILES string of the molecule is COC(=O)[C@@H]1C[C@H](NC(=O)c2ccc3[nH]c(C)c(C)c3c2)CN1Cc1c(F)cccc1Cl. The number of fused-ring (bicyclic) bond motifs is 1. The van der Waals surface area contributed by atoms with Crippen molar-refractivity contribution in [3.63, 3.8) is 0 Å². The smallest absolute Gasteiger partial charge is 0.323 e. The minimum atomic E-state index is -0.599. The molecule has 168 valence electrons. The average Bonchev–Trinajstić information content (AvgIpc) is 3.30. The lowest BCUT2D eigenvalue weighted by Crippen LogP contribution is -2.38. The van der Waals surface area contributed by atoms with Crippen LogP contribution in [0.15, 0.2) is 36.4 Å². The van der Waals surface area contributed by atoms with E-state index in [1.807, 2.05) is 26.0 Å². The fourth-order valence-electron chi connectivity index (χ4n) is 4.32. The van der Waals surface area contributed by atoms with E-state index in [2.05, 4.69) is 10.3 Å². The van der Waals surface area contributed by atoms with Crippen LogP contribution in [0.5, 0.6) is 0 Å². The summed E-state index contributed by atoms with van der Waals surface area (Å²) in [6.07, 6.45) is 0.370. The van der Waals surface area contributed by atoms with E-state index in [0.717, 1.165) is 22.2 Å². The van der Waals surface area contributed by atoms with E-state index < -0.39 is 17.8 Å². The van der Waals surface area contributed by atoms with E-state index in [1.165, 1.54) is 19.2 Å². The number of esters is 1. The molecule has 2 aromatic carbocycles. The van der Waals surface area contributed by atoms with Gasteiger partial charge in [0.15, 0.2) is 0 Å². The predicted molar refractivity (Wildman–Crippen MR) is 121 cm³/mol. The predicted octanol–water partition coefficient (Wildman–Crippen LogP) is 4.12. The highest BCUT2D eigenvalue weighted by atomic mass is 35.5.